The van der Waals surface area contributed by atoms with E-state index in [9.17, 15) is 0 Å². The van der Waals surface area contributed by atoms with E-state index in [1.54, 1.807) is 0 Å². The first-order valence-corrected chi connectivity index (χ1v) is 2.10. The molecule has 0 saturated heterocycles. The number of aliphatic hydroxyl groups is 1. The summed E-state index contributed by atoms with van der Waals surface area (Å²) in [6.45, 7) is 3.20. The van der Waals surface area contributed by atoms with Crippen LogP contribution in [-0.2, 0) is 4.74 Å². The van der Waals surface area contributed by atoms with Gasteiger partial charge in [0.25, 0.3) is 0 Å². The van der Waals surface area contributed by atoms with Gasteiger partial charge in [0.05, 0.1) is 13.2 Å². The van der Waals surface area contributed by atoms with Gasteiger partial charge >= 0.3 is 0 Å². The van der Waals surface area contributed by atoms with Crippen molar-refractivity contribution in [2.24, 2.45) is 0 Å². The average Bonchev–Trinajstić information content (AvgIpc) is 1.61. The zero-order chi connectivity index (χ0) is 4.83. The molecular weight excluding hydrogens is 119 g/mol. The summed E-state index contributed by atoms with van der Waals surface area (Å²) in [4.78, 5) is 0. The van der Waals surface area contributed by atoms with E-state index in [2.05, 4.69) is 0 Å². The summed E-state index contributed by atoms with van der Waals surface area (Å²) in [6.07, 6.45) is 0. The van der Waals surface area contributed by atoms with Crippen molar-refractivity contribution in [2.45, 2.75) is 6.92 Å². The third-order valence-corrected chi connectivity index (χ3v) is 0.440. The third-order valence-electron chi connectivity index (χ3n) is 0.440. The molecule has 0 aromatic carbocycles. The summed E-state index contributed by atoms with van der Waals surface area (Å²) in [5.41, 5.74) is 0. The van der Waals surface area contributed by atoms with Crippen LogP contribution in [0.2, 0.25) is 0 Å². The van der Waals surface area contributed by atoms with E-state index in [-0.39, 0.29) is 58.0 Å². The van der Waals surface area contributed by atoms with Crippen LogP contribution in [0.3, 0.4) is 0 Å². The molecule has 0 aromatic heterocycles. The van der Waals surface area contributed by atoms with Gasteiger partial charge in [-0.15, -0.1) is 0 Å². The van der Waals surface area contributed by atoms with Crippen LogP contribution < -0.4 is 0 Å². The van der Waals surface area contributed by atoms with Crippen LogP contribution in [0.1, 0.15) is 6.92 Å². The topological polar surface area (TPSA) is 29.5 Å². The van der Waals surface area contributed by atoms with Crippen molar-refractivity contribution in [1.82, 2.24) is 0 Å². The van der Waals surface area contributed by atoms with Crippen LogP contribution in [0.15, 0.2) is 0 Å². The van der Waals surface area contributed by atoms with Gasteiger partial charge in [-0.1, -0.05) is 0 Å². The molecule has 0 aliphatic heterocycles. The van der Waals surface area contributed by atoms with Crippen molar-refractivity contribution in [1.29, 1.82) is 0 Å². The molecule has 2 nitrogen and oxygen atoms in total. The van der Waals surface area contributed by atoms with E-state index in [4.69, 9.17) is 9.84 Å². The molecule has 39 valence electrons. The largest absolute Gasteiger partial charge is 0.394 e. The van der Waals surface area contributed by atoms with Gasteiger partial charge in [-0.3, -0.25) is 0 Å². The fraction of sp³-hybridized carbons (Fsp3) is 1.00. The minimum atomic E-state index is 0. The van der Waals surface area contributed by atoms with Gasteiger partial charge in [0.2, 0.25) is 0 Å². The quantitative estimate of drug-likeness (QED) is 0.416. The molecule has 7 heavy (non-hydrogen) atoms. The number of hydrogen-bond donors (Lipinski definition) is 1. The van der Waals surface area contributed by atoms with E-state index in [1.165, 1.54) is 0 Å². The normalized spacial score (nSPS) is 7.71. The van der Waals surface area contributed by atoms with Crippen LogP contribution in [0, 0.1) is 0 Å². The van der Waals surface area contributed by atoms with Crippen molar-refractivity contribution in [3.63, 3.8) is 0 Å². The molecule has 0 aromatic rings. The molecule has 3 heteroatoms. The number of rotatable bonds is 3. The summed E-state index contributed by atoms with van der Waals surface area (Å²) in [6, 6.07) is 0. The van der Waals surface area contributed by atoms with Crippen LogP contribution in [0.5, 0.6) is 0 Å². The first-order chi connectivity index (χ1) is 2.91. The molecule has 0 amide bonds. The smallest absolute Gasteiger partial charge is 0.0697 e. The van der Waals surface area contributed by atoms with Crippen molar-refractivity contribution >= 4 is 51.4 Å². The first-order valence-electron chi connectivity index (χ1n) is 2.10. The Balaban J connectivity index is 0. The van der Waals surface area contributed by atoms with E-state index in [0.717, 1.165) is 0 Å². The van der Waals surface area contributed by atoms with Crippen LogP contribution in [0.25, 0.3) is 0 Å². The predicted octanol–water partition coefficient (Wildman–Crippen LogP) is -0.366. The van der Waals surface area contributed by atoms with E-state index >= 15 is 0 Å². The number of hydrogen-bond acceptors (Lipinski definition) is 2. The molecule has 1 N–H and O–H groups in total. The van der Waals surface area contributed by atoms with E-state index < -0.39 is 0 Å². The molecule has 0 fully saturated rings. The maximum Gasteiger partial charge on any atom is 0.0697 e. The Hall–Kier alpha value is 1.56. The summed E-state index contributed by atoms with van der Waals surface area (Å²) in [7, 11) is 0. The van der Waals surface area contributed by atoms with Gasteiger partial charge in [0, 0.05) is 58.0 Å². The Morgan fingerprint density at radius 1 is 1.57 bits per heavy atom. The summed E-state index contributed by atoms with van der Waals surface area (Å²) < 4.78 is 4.73. The first kappa shape index (κ1) is 11.4. The second-order valence-electron chi connectivity index (χ2n) is 0.921. The van der Waals surface area contributed by atoms with Gasteiger partial charge < -0.3 is 9.84 Å². The monoisotopic (exact) mass is 129 g/mol. The molecule has 0 heterocycles. The van der Waals surface area contributed by atoms with Gasteiger partial charge in [0.1, 0.15) is 0 Å². The standard InChI is InChI=1S/C4H10O2.K/c1-2-6-4-3-5;/h5H,2-4H2,1H3;. The SMILES string of the molecule is CCOCCO.[K]. The Bertz CT molecular complexity index is 21.7. The van der Waals surface area contributed by atoms with Crippen LogP contribution >= 0.6 is 0 Å². The second kappa shape index (κ2) is 10.5. The summed E-state index contributed by atoms with van der Waals surface area (Å²) >= 11 is 0. The van der Waals surface area contributed by atoms with Crippen molar-refractivity contribution in [3.8, 4) is 0 Å². The molecule has 0 aliphatic carbocycles. The molecule has 0 rings (SSSR count). The molecule has 0 atom stereocenters. The van der Waals surface area contributed by atoms with Crippen molar-refractivity contribution in [2.75, 3.05) is 19.8 Å². The van der Waals surface area contributed by atoms with Crippen molar-refractivity contribution < 1.29 is 9.84 Å². The molecule has 0 saturated carbocycles. The van der Waals surface area contributed by atoms with E-state index in [1.807, 2.05) is 6.92 Å². The maximum atomic E-state index is 8.07. The molecular formula is C4H10KO2. The Morgan fingerprint density at radius 3 is 2.29 bits per heavy atom. The Kier molecular flexibility index (Phi) is 17.1. The molecule has 0 aliphatic rings. The van der Waals surface area contributed by atoms with Crippen LogP contribution in [-0.4, -0.2) is 76.3 Å². The van der Waals surface area contributed by atoms with Gasteiger partial charge in [0.15, 0.2) is 0 Å². The number of ether oxygens (including phenoxy) is 1. The molecule has 0 spiro atoms. The maximum absolute atomic E-state index is 8.07. The molecule has 0 bridgehead atoms. The Labute approximate surface area is 86.7 Å². The predicted molar refractivity (Wildman–Crippen MR) is 29.3 cm³/mol. The summed E-state index contributed by atoms with van der Waals surface area (Å²) in [5, 5.41) is 8.07. The second-order valence-corrected chi connectivity index (χ2v) is 0.921. The van der Waals surface area contributed by atoms with Gasteiger partial charge in [-0.25, -0.2) is 0 Å². The third kappa shape index (κ3) is 11.2. The zero-order valence-electron chi connectivity index (χ0n) is 4.98. The average molecular weight is 129 g/mol. The molecule has 0 unspecified atom stereocenters. The van der Waals surface area contributed by atoms with Gasteiger partial charge in [-0.05, 0) is 6.92 Å². The zero-order valence-corrected chi connectivity index (χ0v) is 8.10. The minimum absolute atomic E-state index is 0. The molecule has 1 radical (unpaired) electrons. The number of aliphatic hydroxyl groups excluding tert-OH is 1. The van der Waals surface area contributed by atoms with Crippen molar-refractivity contribution in [3.05, 3.63) is 0 Å². The van der Waals surface area contributed by atoms with E-state index in [0.29, 0.717) is 13.2 Å². The minimum Gasteiger partial charge on any atom is -0.394 e. The fourth-order valence-corrected chi connectivity index (χ4v) is 0.209. The summed E-state index contributed by atoms with van der Waals surface area (Å²) in [5.74, 6) is 0. The van der Waals surface area contributed by atoms with Gasteiger partial charge in [-0.2, -0.15) is 0 Å². The van der Waals surface area contributed by atoms with Crippen LogP contribution in [0.4, 0.5) is 0 Å². The fourth-order valence-electron chi connectivity index (χ4n) is 0.209. The Morgan fingerprint density at radius 2 is 2.14 bits per heavy atom.